The first-order valence-electron chi connectivity index (χ1n) is 7.09. The Morgan fingerprint density at radius 3 is 2.38 bits per heavy atom. The van der Waals surface area contributed by atoms with E-state index in [1.54, 1.807) is 4.90 Å². The van der Waals surface area contributed by atoms with E-state index in [2.05, 4.69) is 27.9 Å². The summed E-state index contributed by atoms with van der Waals surface area (Å²) >= 11 is 2.21. The van der Waals surface area contributed by atoms with Crippen LogP contribution in [0.15, 0.2) is 24.3 Å². The molecule has 1 fully saturated rings. The standard InChI is InChI=1S/C15H19IN2O3/c16-12-6-4-11(5-7-12)10-13(17-15(20)21)14(19)18-8-2-1-3-9-18/h4-7,13,17H,1-3,8-10H2,(H,20,21)/t13-/m0/s1. The number of nitrogens with one attached hydrogen (secondary N) is 1. The van der Waals surface area contributed by atoms with E-state index in [9.17, 15) is 9.59 Å². The molecule has 0 unspecified atom stereocenters. The van der Waals surface area contributed by atoms with Gasteiger partial charge in [-0.15, -0.1) is 0 Å². The fourth-order valence-corrected chi connectivity index (χ4v) is 2.90. The third-order valence-electron chi connectivity index (χ3n) is 3.62. The molecule has 2 amide bonds. The number of rotatable bonds is 4. The summed E-state index contributed by atoms with van der Waals surface area (Å²) in [5.74, 6) is -0.115. The maximum absolute atomic E-state index is 12.5. The highest BCUT2D eigenvalue weighted by Gasteiger charge is 2.27. The number of carboxylic acid groups (broad SMARTS) is 1. The highest BCUT2D eigenvalue weighted by Crippen LogP contribution is 2.13. The van der Waals surface area contributed by atoms with E-state index in [1.165, 1.54) is 0 Å². The smallest absolute Gasteiger partial charge is 0.405 e. The van der Waals surface area contributed by atoms with Crippen LogP contribution in [0.3, 0.4) is 0 Å². The topological polar surface area (TPSA) is 69.6 Å². The van der Waals surface area contributed by atoms with Gasteiger partial charge >= 0.3 is 6.09 Å². The van der Waals surface area contributed by atoms with Gasteiger partial charge in [0.25, 0.3) is 0 Å². The highest BCUT2D eigenvalue weighted by molar-refractivity contribution is 14.1. The van der Waals surface area contributed by atoms with Gasteiger partial charge in [-0.1, -0.05) is 12.1 Å². The predicted molar refractivity (Wildman–Crippen MR) is 88.2 cm³/mol. The van der Waals surface area contributed by atoms with E-state index in [0.717, 1.165) is 41.5 Å². The van der Waals surface area contributed by atoms with Crippen molar-refractivity contribution in [1.29, 1.82) is 0 Å². The van der Waals surface area contributed by atoms with Crippen molar-refractivity contribution in [2.24, 2.45) is 0 Å². The Hall–Kier alpha value is -1.31. The third-order valence-corrected chi connectivity index (χ3v) is 4.34. The molecule has 1 heterocycles. The molecule has 5 nitrogen and oxygen atoms in total. The minimum atomic E-state index is -1.16. The van der Waals surface area contributed by atoms with Crippen LogP contribution in [0.25, 0.3) is 0 Å². The summed E-state index contributed by atoms with van der Waals surface area (Å²) in [5.41, 5.74) is 0.958. The van der Waals surface area contributed by atoms with Gasteiger partial charge in [0.05, 0.1) is 0 Å². The first kappa shape index (κ1) is 16.1. The molecule has 1 saturated heterocycles. The summed E-state index contributed by atoms with van der Waals surface area (Å²) < 4.78 is 1.11. The van der Waals surface area contributed by atoms with Crippen LogP contribution in [0.1, 0.15) is 24.8 Å². The first-order valence-corrected chi connectivity index (χ1v) is 8.17. The van der Waals surface area contributed by atoms with Crippen molar-refractivity contribution in [3.63, 3.8) is 0 Å². The summed E-state index contributed by atoms with van der Waals surface area (Å²) in [6, 6.07) is 7.07. The molecule has 1 aliphatic heterocycles. The van der Waals surface area contributed by atoms with Crippen molar-refractivity contribution in [3.05, 3.63) is 33.4 Å². The summed E-state index contributed by atoms with van der Waals surface area (Å²) in [7, 11) is 0. The fourth-order valence-electron chi connectivity index (χ4n) is 2.54. The predicted octanol–water partition coefficient (Wildman–Crippen LogP) is 2.48. The van der Waals surface area contributed by atoms with Crippen molar-refractivity contribution >= 4 is 34.6 Å². The van der Waals surface area contributed by atoms with Crippen molar-refractivity contribution in [3.8, 4) is 0 Å². The molecule has 0 saturated carbocycles. The molecule has 0 radical (unpaired) electrons. The molecule has 0 spiro atoms. The fraction of sp³-hybridized carbons (Fsp3) is 0.467. The normalized spacial score (nSPS) is 16.3. The number of carbonyl (C=O) groups is 2. The van der Waals surface area contributed by atoms with Gasteiger partial charge in [0, 0.05) is 23.1 Å². The van der Waals surface area contributed by atoms with Gasteiger partial charge in [-0.05, 0) is 59.5 Å². The Bertz CT molecular complexity index is 498. The zero-order valence-electron chi connectivity index (χ0n) is 11.7. The number of likely N-dealkylation sites (tertiary alicyclic amines) is 1. The summed E-state index contributed by atoms with van der Waals surface area (Å²) in [4.78, 5) is 25.2. The van der Waals surface area contributed by atoms with Gasteiger partial charge in [-0.2, -0.15) is 0 Å². The number of benzene rings is 1. The number of halogens is 1. The lowest BCUT2D eigenvalue weighted by atomic mass is 10.0. The van der Waals surface area contributed by atoms with Crippen LogP contribution in [0.4, 0.5) is 4.79 Å². The van der Waals surface area contributed by atoms with Gasteiger partial charge in [-0.3, -0.25) is 4.79 Å². The quantitative estimate of drug-likeness (QED) is 0.761. The van der Waals surface area contributed by atoms with Crippen LogP contribution in [0.2, 0.25) is 0 Å². The maximum Gasteiger partial charge on any atom is 0.405 e. The van der Waals surface area contributed by atoms with Crippen molar-refractivity contribution in [1.82, 2.24) is 10.2 Å². The molecule has 0 aromatic heterocycles. The Morgan fingerprint density at radius 1 is 1.19 bits per heavy atom. The molecule has 21 heavy (non-hydrogen) atoms. The van der Waals surface area contributed by atoms with Crippen molar-refractivity contribution < 1.29 is 14.7 Å². The molecule has 1 aromatic rings. The van der Waals surface area contributed by atoms with Crippen LogP contribution >= 0.6 is 22.6 Å². The maximum atomic E-state index is 12.5. The lowest BCUT2D eigenvalue weighted by Gasteiger charge is -2.30. The van der Waals surface area contributed by atoms with E-state index in [-0.39, 0.29) is 5.91 Å². The molecular weight excluding hydrogens is 383 g/mol. The molecule has 0 bridgehead atoms. The molecule has 0 aliphatic carbocycles. The molecule has 2 rings (SSSR count). The molecule has 1 atom stereocenters. The van der Waals surface area contributed by atoms with Gasteiger partial charge in [0.2, 0.25) is 5.91 Å². The number of hydrogen-bond acceptors (Lipinski definition) is 2. The lowest BCUT2D eigenvalue weighted by Crippen LogP contribution is -2.50. The SMILES string of the molecule is O=C(O)N[C@@H](Cc1ccc(I)cc1)C(=O)N1CCCCC1. The number of amides is 2. The average Bonchev–Trinajstić information content (AvgIpc) is 2.48. The minimum absolute atomic E-state index is 0.115. The van der Waals surface area contributed by atoms with E-state index < -0.39 is 12.1 Å². The molecule has 114 valence electrons. The van der Waals surface area contributed by atoms with E-state index >= 15 is 0 Å². The number of hydrogen-bond donors (Lipinski definition) is 2. The minimum Gasteiger partial charge on any atom is -0.465 e. The number of piperidine rings is 1. The summed E-state index contributed by atoms with van der Waals surface area (Å²) in [5, 5.41) is 11.3. The average molecular weight is 402 g/mol. The largest absolute Gasteiger partial charge is 0.465 e. The van der Waals surface area contributed by atoms with Crippen LogP contribution in [-0.4, -0.2) is 41.1 Å². The van der Waals surface area contributed by atoms with Gasteiger partial charge in [-0.25, -0.2) is 4.79 Å². The molecule has 2 N–H and O–H groups in total. The second-order valence-electron chi connectivity index (χ2n) is 5.22. The molecular formula is C15H19IN2O3. The molecule has 1 aromatic carbocycles. The first-order chi connectivity index (χ1) is 10.1. The van der Waals surface area contributed by atoms with Gasteiger partial charge < -0.3 is 15.3 Å². The van der Waals surface area contributed by atoms with E-state index in [4.69, 9.17) is 5.11 Å². The Kier molecular flexibility index (Phi) is 5.84. The third kappa shape index (κ3) is 4.87. The van der Waals surface area contributed by atoms with Crippen LogP contribution in [-0.2, 0) is 11.2 Å². The monoisotopic (exact) mass is 402 g/mol. The summed E-state index contributed by atoms with van der Waals surface area (Å²) in [6.45, 7) is 1.45. The van der Waals surface area contributed by atoms with Crippen LogP contribution in [0.5, 0.6) is 0 Å². The molecule has 1 aliphatic rings. The number of nitrogens with zero attached hydrogens (tertiary/aromatic N) is 1. The van der Waals surface area contributed by atoms with Gasteiger partial charge in [0.1, 0.15) is 6.04 Å². The van der Waals surface area contributed by atoms with E-state index in [1.807, 2.05) is 24.3 Å². The van der Waals surface area contributed by atoms with Crippen molar-refractivity contribution in [2.45, 2.75) is 31.7 Å². The Balaban J connectivity index is 2.07. The second kappa shape index (κ2) is 7.63. The summed E-state index contributed by atoms with van der Waals surface area (Å²) in [6.07, 6.45) is 2.36. The molecule has 6 heteroatoms. The van der Waals surface area contributed by atoms with E-state index in [0.29, 0.717) is 6.42 Å². The van der Waals surface area contributed by atoms with Crippen LogP contribution in [0, 0.1) is 3.57 Å². The van der Waals surface area contributed by atoms with Crippen molar-refractivity contribution in [2.75, 3.05) is 13.1 Å². The zero-order chi connectivity index (χ0) is 15.2. The Morgan fingerprint density at radius 2 is 1.81 bits per heavy atom. The van der Waals surface area contributed by atoms with Gasteiger partial charge in [0.15, 0.2) is 0 Å². The Labute approximate surface area is 137 Å². The second-order valence-corrected chi connectivity index (χ2v) is 6.46. The zero-order valence-corrected chi connectivity index (χ0v) is 13.9. The highest BCUT2D eigenvalue weighted by atomic mass is 127. The van der Waals surface area contributed by atoms with Crippen LogP contribution < -0.4 is 5.32 Å². The number of carbonyl (C=O) groups excluding carboxylic acids is 1. The lowest BCUT2D eigenvalue weighted by molar-refractivity contribution is -0.134.